The Kier molecular flexibility index (Phi) is 5.84. The Hall–Kier alpha value is -3.39. The number of hydrazone groups is 1. The van der Waals surface area contributed by atoms with Crippen LogP contribution in [0.25, 0.3) is 17.2 Å². The van der Waals surface area contributed by atoms with Crippen molar-refractivity contribution in [2.24, 2.45) is 12.1 Å². The lowest BCUT2D eigenvalue weighted by molar-refractivity contribution is 0.799. The maximum absolute atomic E-state index is 12.4. The van der Waals surface area contributed by atoms with E-state index in [0.29, 0.717) is 23.2 Å². The van der Waals surface area contributed by atoms with Crippen LogP contribution >= 0.6 is 11.6 Å². The van der Waals surface area contributed by atoms with Crippen LogP contribution in [-0.2, 0) is 13.6 Å². The van der Waals surface area contributed by atoms with Crippen LogP contribution < -0.4 is 16.7 Å². The van der Waals surface area contributed by atoms with Gasteiger partial charge in [-0.15, -0.1) is 0 Å². The van der Waals surface area contributed by atoms with Crippen LogP contribution in [0.15, 0.2) is 57.2 Å². The summed E-state index contributed by atoms with van der Waals surface area (Å²) in [5.41, 5.74) is 4.74. The van der Waals surface area contributed by atoms with Gasteiger partial charge in [0, 0.05) is 18.6 Å². The molecule has 29 heavy (non-hydrogen) atoms. The second-order valence-corrected chi connectivity index (χ2v) is 7.10. The molecule has 0 aliphatic rings. The molecular weight excluding hydrogens is 392 g/mol. The number of imidazole rings is 1. The molecule has 0 saturated carbocycles. The number of fused-ring (bicyclic) bond motifs is 1. The molecule has 3 rings (SSSR count). The van der Waals surface area contributed by atoms with E-state index in [0.717, 1.165) is 11.1 Å². The SMILES string of the molecule is C=C(C)Cn1c(N/N=C(C)\C=C\c2ccccc2Cl)nc2c1c(=O)[nH]c(=O)n2C. The summed E-state index contributed by atoms with van der Waals surface area (Å²) in [5.74, 6) is 0.334. The largest absolute Gasteiger partial charge is 0.329 e. The molecule has 2 heterocycles. The molecule has 2 aromatic heterocycles. The molecule has 9 heteroatoms. The minimum absolute atomic E-state index is 0.266. The van der Waals surface area contributed by atoms with E-state index in [2.05, 4.69) is 27.1 Å². The topological polar surface area (TPSA) is 97.1 Å². The number of H-pyrrole nitrogens is 1. The normalized spacial score (nSPS) is 12.1. The van der Waals surface area contributed by atoms with Gasteiger partial charge in [0.15, 0.2) is 11.2 Å². The molecule has 3 aromatic rings. The highest BCUT2D eigenvalue weighted by Gasteiger charge is 2.17. The fourth-order valence-electron chi connectivity index (χ4n) is 2.74. The van der Waals surface area contributed by atoms with Crippen molar-refractivity contribution in [3.05, 3.63) is 73.9 Å². The van der Waals surface area contributed by atoms with E-state index in [-0.39, 0.29) is 11.2 Å². The molecule has 0 amide bonds. The summed E-state index contributed by atoms with van der Waals surface area (Å²) in [7, 11) is 1.54. The number of hydrogen-bond acceptors (Lipinski definition) is 5. The predicted octanol–water partition coefficient (Wildman–Crippen LogP) is 3.15. The molecule has 0 saturated heterocycles. The number of hydrogen-bond donors (Lipinski definition) is 2. The second-order valence-electron chi connectivity index (χ2n) is 6.69. The van der Waals surface area contributed by atoms with Crippen molar-refractivity contribution in [1.82, 2.24) is 19.1 Å². The molecule has 0 radical (unpaired) electrons. The van der Waals surface area contributed by atoms with Gasteiger partial charge in [-0.25, -0.2) is 10.2 Å². The Bertz CT molecular complexity index is 1260. The van der Waals surface area contributed by atoms with Gasteiger partial charge in [-0.3, -0.25) is 18.9 Å². The van der Waals surface area contributed by atoms with Gasteiger partial charge in [0.05, 0.1) is 5.71 Å². The quantitative estimate of drug-likeness (QED) is 0.369. The van der Waals surface area contributed by atoms with E-state index in [1.54, 1.807) is 11.6 Å². The van der Waals surface area contributed by atoms with Crippen LogP contribution in [0.4, 0.5) is 5.95 Å². The summed E-state index contributed by atoms with van der Waals surface area (Å²) >= 11 is 6.15. The zero-order valence-corrected chi connectivity index (χ0v) is 17.1. The van der Waals surface area contributed by atoms with E-state index in [9.17, 15) is 9.59 Å². The number of aromatic amines is 1. The number of anilines is 1. The van der Waals surface area contributed by atoms with Crippen LogP contribution in [0, 0.1) is 0 Å². The van der Waals surface area contributed by atoms with Gasteiger partial charge < -0.3 is 0 Å². The molecule has 0 spiro atoms. The third-order valence-corrected chi connectivity index (χ3v) is 4.52. The van der Waals surface area contributed by atoms with Gasteiger partial charge in [0.1, 0.15) is 0 Å². The highest BCUT2D eigenvalue weighted by molar-refractivity contribution is 6.32. The van der Waals surface area contributed by atoms with Crippen LogP contribution in [-0.4, -0.2) is 24.8 Å². The van der Waals surface area contributed by atoms with Crippen molar-refractivity contribution < 1.29 is 0 Å². The lowest BCUT2D eigenvalue weighted by Crippen LogP contribution is -2.29. The van der Waals surface area contributed by atoms with Crippen molar-refractivity contribution in [2.75, 3.05) is 5.43 Å². The van der Waals surface area contributed by atoms with Crippen molar-refractivity contribution in [1.29, 1.82) is 0 Å². The fourth-order valence-corrected chi connectivity index (χ4v) is 2.94. The number of rotatable bonds is 6. The first-order chi connectivity index (χ1) is 13.8. The summed E-state index contributed by atoms with van der Waals surface area (Å²) in [6.07, 6.45) is 3.66. The first kappa shape index (κ1) is 20.3. The molecule has 0 atom stereocenters. The number of aryl methyl sites for hydroxylation is 1. The van der Waals surface area contributed by atoms with Crippen LogP contribution in [0.5, 0.6) is 0 Å². The standard InChI is InChI=1S/C20H21ClN6O2/c1-12(2)11-27-16-17(26(4)20(29)23-18(16)28)22-19(27)25-24-13(3)9-10-14-7-5-6-8-15(14)21/h5-10H,1,11H2,2-4H3,(H,22,25)(H,23,28,29)/b10-9+,24-13-. The highest BCUT2D eigenvalue weighted by atomic mass is 35.5. The minimum Gasteiger partial charge on any atom is -0.299 e. The molecule has 1 aromatic carbocycles. The van der Waals surface area contributed by atoms with Crippen molar-refractivity contribution in [3.8, 4) is 0 Å². The number of aromatic nitrogens is 4. The maximum atomic E-state index is 12.4. The Morgan fingerprint density at radius 2 is 2.07 bits per heavy atom. The minimum atomic E-state index is -0.531. The lowest BCUT2D eigenvalue weighted by atomic mass is 10.2. The van der Waals surface area contributed by atoms with Crippen molar-refractivity contribution in [3.63, 3.8) is 0 Å². The highest BCUT2D eigenvalue weighted by Crippen LogP contribution is 2.18. The number of benzene rings is 1. The average Bonchev–Trinajstić information content (AvgIpc) is 3.02. The first-order valence-corrected chi connectivity index (χ1v) is 9.22. The first-order valence-electron chi connectivity index (χ1n) is 8.84. The van der Waals surface area contributed by atoms with E-state index in [1.807, 2.05) is 50.3 Å². The summed E-state index contributed by atoms with van der Waals surface area (Å²) in [6, 6.07) is 7.48. The molecule has 2 N–H and O–H groups in total. The number of nitrogens with zero attached hydrogens (tertiary/aromatic N) is 4. The monoisotopic (exact) mass is 412 g/mol. The fraction of sp³-hybridized carbons (Fsp3) is 0.200. The average molecular weight is 413 g/mol. The number of nitrogens with one attached hydrogen (secondary N) is 2. The van der Waals surface area contributed by atoms with Gasteiger partial charge in [0.25, 0.3) is 5.56 Å². The Balaban J connectivity index is 1.98. The predicted molar refractivity (Wildman–Crippen MR) is 118 cm³/mol. The Morgan fingerprint density at radius 3 is 2.76 bits per heavy atom. The molecule has 0 aliphatic carbocycles. The molecule has 0 bridgehead atoms. The Morgan fingerprint density at radius 1 is 1.34 bits per heavy atom. The maximum Gasteiger partial charge on any atom is 0.329 e. The van der Waals surface area contributed by atoms with Crippen molar-refractivity contribution >= 4 is 40.5 Å². The van der Waals surface area contributed by atoms with Crippen LogP contribution in [0.3, 0.4) is 0 Å². The zero-order chi connectivity index (χ0) is 21.1. The third-order valence-electron chi connectivity index (χ3n) is 4.18. The van der Waals surface area contributed by atoms with Gasteiger partial charge in [0.2, 0.25) is 5.95 Å². The molecule has 0 aliphatic heterocycles. The Labute approximate surface area is 171 Å². The summed E-state index contributed by atoms with van der Waals surface area (Å²) < 4.78 is 2.93. The molecule has 150 valence electrons. The molecule has 0 unspecified atom stereocenters. The van der Waals surface area contributed by atoms with Gasteiger partial charge >= 0.3 is 5.69 Å². The van der Waals surface area contributed by atoms with E-state index >= 15 is 0 Å². The lowest BCUT2D eigenvalue weighted by Gasteiger charge is -2.07. The molecule has 8 nitrogen and oxygen atoms in total. The molecule has 0 fully saturated rings. The van der Waals surface area contributed by atoms with Gasteiger partial charge in [-0.2, -0.15) is 10.1 Å². The second kappa shape index (κ2) is 8.32. The number of halogens is 1. The van der Waals surface area contributed by atoms with Gasteiger partial charge in [-0.05, 0) is 31.6 Å². The van der Waals surface area contributed by atoms with Gasteiger partial charge in [-0.1, -0.05) is 48.0 Å². The number of allylic oxidation sites excluding steroid dienone is 2. The zero-order valence-electron chi connectivity index (χ0n) is 16.4. The van der Waals surface area contributed by atoms with Crippen molar-refractivity contribution in [2.45, 2.75) is 20.4 Å². The van der Waals surface area contributed by atoms with Crippen LogP contribution in [0.2, 0.25) is 5.02 Å². The third kappa shape index (κ3) is 4.38. The van der Waals surface area contributed by atoms with E-state index in [1.165, 1.54) is 4.57 Å². The summed E-state index contributed by atoms with van der Waals surface area (Å²) in [6.45, 7) is 7.90. The van der Waals surface area contributed by atoms with E-state index in [4.69, 9.17) is 11.6 Å². The molecular formula is C20H21ClN6O2. The van der Waals surface area contributed by atoms with Crippen LogP contribution in [0.1, 0.15) is 19.4 Å². The summed E-state index contributed by atoms with van der Waals surface area (Å²) in [4.78, 5) is 30.9. The smallest absolute Gasteiger partial charge is 0.299 e. The van der Waals surface area contributed by atoms with E-state index < -0.39 is 11.2 Å². The summed E-state index contributed by atoms with van der Waals surface area (Å²) in [5, 5.41) is 4.95.